The average Bonchev–Trinajstić information content (AvgIpc) is 2.58. The van der Waals surface area contributed by atoms with Crippen molar-refractivity contribution in [3.63, 3.8) is 0 Å². The third-order valence-electron chi connectivity index (χ3n) is 4.65. The molecule has 2 heterocycles. The van der Waals surface area contributed by atoms with E-state index in [9.17, 15) is 9.18 Å². The van der Waals surface area contributed by atoms with Crippen molar-refractivity contribution in [3.05, 3.63) is 24.1 Å². The summed E-state index contributed by atoms with van der Waals surface area (Å²) in [4.78, 5) is 20.4. The number of nitrogens with one attached hydrogen (secondary N) is 1. The molecule has 2 fully saturated rings. The van der Waals surface area contributed by atoms with Crippen molar-refractivity contribution in [2.45, 2.75) is 38.1 Å². The van der Waals surface area contributed by atoms with Gasteiger partial charge in [0.1, 0.15) is 11.6 Å². The lowest BCUT2D eigenvalue weighted by atomic mass is 9.94. The van der Waals surface area contributed by atoms with Gasteiger partial charge in [0.15, 0.2) is 0 Å². The molecule has 2 amide bonds. The maximum Gasteiger partial charge on any atom is 0.323 e. The number of hydrogen-bond donors (Lipinski definition) is 1. The van der Waals surface area contributed by atoms with E-state index in [4.69, 9.17) is 0 Å². The number of carbonyl (C=O) groups is 1. The zero-order valence-electron chi connectivity index (χ0n) is 12.8. The number of carbonyl (C=O) groups excluding carboxylic acids is 1. The Morgan fingerprint density at radius 1 is 1.14 bits per heavy atom. The topological polar surface area (TPSA) is 48.5 Å². The average molecular weight is 306 g/mol. The molecule has 1 saturated carbocycles. The Labute approximate surface area is 130 Å². The Hall–Kier alpha value is -1.69. The van der Waals surface area contributed by atoms with E-state index < -0.39 is 5.82 Å². The smallest absolute Gasteiger partial charge is 0.322 e. The minimum Gasteiger partial charge on any atom is -0.322 e. The first kappa shape index (κ1) is 15.2. The van der Waals surface area contributed by atoms with Crippen molar-refractivity contribution in [1.29, 1.82) is 0 Å². The van der Waals surface area contributed by atoms with E-state index in [1.54, 1.807) is 0 Å². The molecule has 1 N–H and O–H groups in total. The van der Waals surface area contributed by atoms with Gasteiger partial charge in [-0.1, -0.05) is 19.3 Å². The first-order chi connectivity index (χ1) is 10.7. The van der Waals surface area contributed by atoms with Crippen molar-refractivity contribution in [2.75, 3.05) is 31.5 Å². The van der Waals surface area contributed by atoms with Gasteiger partial charge in [-0.15, -0.1) is 0 Å². The van der Waals surface area contributed by atoms with Gasteiger partial charge in [0, 0.05) is 32.2 Å². The fraction of sp³-hybridized carbons (Fsp3) is 0.625. The molecule has 0 spiro atoms. The van der Waals surface area contributed by atoms with Crippen LogP contribution in [0.1, 0.15) is 32.1 Å². The predicted octanol–water partition coefficient (Wildman–Crippen LogP) is 2.70. The lowest BCUT2D eigenvalue weighted by Crippen LogP contribution is -2.53. The number of amides is 2. The summed E-state index contributed by atoms with van der Waals surface area (Å²) in [5, 5.41) is 2.72. The van der Waals surface area contributed by atoms with E-state index in [0.717, 1.165) is 32.4 Å². The summed E-state index contributed by atoms with van der Waals surface area (Å²) in [6.45, 7) is 3.36. The molecule has 120 valence electrons. The lowest BCUT2D eigenvalue weighted by Gasteiger charge is -2.40. The van der Waals surface area contributed by atoms with E-state index in [-0.39, 0.29) is 6.03 Å². The summed E-state index contributed by atoms with van der Waals surface area (Å²) >= 11 is 0. The molecular formula is C16H23FN4O. The van der Waals surface area contributed by atoms with E-state index in [0.29, 0.717) is 11.9 Å². The second-order valence-electron chi connectivity index (χ2n) is 6.11. The number of rotatable bonds is 2. The molecule has 2 aliphatic rings. The predicted molar refractivity (Wildman–Crippen MR) is 83.2 cm³/mol. The molecule has 3 rings (SSSR count). The molecule has 0 aromatic carbocycles. The first-order valence-corrected chi connectivity index (χ1v) is 8.14. The van der Waals surface area contributed by atoms with Gasteiger partial charge in [-0.05, 0) is 25.0 Å². The number of pyridine rings is 1. The minimum absolute atomic E-state index is 0.151. The quantitative estimate of drug-likeness (QED) is 0.914. The van der Waals surface area contributed by atoms with Crippen molar-refractivity contribution in [1.82, 2.24) is 14.8 Å². The number of aromatic nitrogens is 1. The zero-order chi connectivity index (χ0) is 15.4. The summed E-state index contributed by atoms with van der Waals surface area (Å²) in [6, 6.07) is 3.33. The van der Waals surface area contributed by atoms with Gasteiger partial charge in [-0.2, -0.15) is 0 Å². The standard InChI is InChI=1S/C16H23FN4O/c17-13-6-7-15(18-12-13)19-16(22)21-10-8-20(9-11-21)14-4-2-1-3-5-14/h6-7,12,14H,1-5,8-11H2,(H,18,19,22). The third kappa shape index (κ3) is 3.74. The van der Waals surface area contributed by atoms with E-state index >= 15 is 0 Å². The van der Waals surface area contributed by atoms with Crippen LogP contribution in [0, 0.1) is 5.82 Å². The summed E-state index contributed by atoms with van der Waals surface area (Å²) in [5.41, 5.74) is 0. The largest absolute Gasteiger partial charge is 0.323 e. The van der Waals surface area contributed by atoms with Crippen molar-refractivity contribution >= 4 is 11.8 Å². The number of nitrogens with zero attached hydrogens (tertiary/aromatic N) is 3. The molecular weight excluding hydrogens is 283 g/mol. The molecule has 1 saturated heterocycles. The molecule has 1 aliphatic heterocycles. The summed E-state index contributed by atoms with van der Waals surface area (Å²) < 4.78 is 12.8. The zero-order valence-corrected chi connectivity index (χ0v) is 12.8. The van der Waals surface area contributed by atoms with Crippen LogP contribution in [0.3, 0.4) is 0 Å². The highest BCUT2D eigenvalue weighted by Gasteiger charge is 2.27. The Morgan fingerprint density at radius 3 is 2.50 bits per heavy atom. The molecule has 0 unspecified atom stereocenters. The number of anilines is 1. The molecule has 1 aromatic heterocycles. The fourth-order valence-corrected chi connectivity index (χ4v) is 3.37. The second kappa shape index (κ2) is 7.05. The lowest BCUT2D eigenvalue weighted by molar-refractivity contribution is 0.0943. The Kier molecular flexibility index (Phi) is 4.87. The van der Waals surface area contributed by atoms with Crippen LogP contribution in [-0.2, 0) is 0 Å². The number of urea groups is 1. The van der Waals surface area contributed by atoms with Gasteiger partial charge in [0.2, 0.25) is 0 Å². The van der Waals surface area contributed by atoms with Crippen LogP contribution in [0.4, 0.5) is 15.0 Å². The summed E-state index contributed by atoms with van der Waals surface area (Å²) in [6.07, 6.45) is 7.74. The van der Waals surface area contributed by atoms with E-state index in [1.165, 1.54) is 44.2 Å². The van der Waals surface area contributed by atoms with Gasteiger partial charge in [0.25, 0.3) is 0 Å². The van der Waals surface area contributed by atoms with Crippen LogP contribution >= 0.6 is 0 Å². The van der Waals surface area contributed by atoms with Gasteiger partial charge < -0.3 is 4.90 Å². The highest BCUT2D eigenvalue weighted by atomic mass is 19.1. The number of hydrogen-bond acceptors (Lipinski definition) is 3. The summed E-state index contributed by atoms with van der Waals surface area (Å²) in [7, 11) is 0. The van der Waals surface area contributed by atoms with Crippen molar-refractivity contribution in [2.24, 2.45) is 0 Å². The maximum atomic E-state index is 12.8. The molecule has 1 aliphatic carbocycles. The first-order valence-electron chi connectivity index (χ1n) is 8.14. The summed E-state index contributed by atoms with van der Waals surface area (Å²) in [5.74, 6) is -0.0137. The molecule has 0 radical (unpaired) electrons. The van der Waals surface area contributed by atoms with Gasteiger partial charge in [-0.3, -0.25) is 10.2 Å². The number of halogens is 1. The second-order valence-corrected chi connectivity index (χ2v) is 6.11. The fourth-order valence-electron chi connectivity index (χ4n) is 3.37. The Balaban J connectivity index is 1.48. The normalized spacial score (nSPS) is 20.9. The SMILES string of the molecule is O=C(Nc1ccc(F)cn1)N1CCN(C2CCCCC2)CC1. The van der Waals surface area contributed by atoms with Crippen LogP contribution in [0.5, 0.6) is 0 Å². The Morgan fingerprint density at radius 2 is 1.86 bits per heavy atom. The van der Waals surface area contributed by atoms with Gasteiger partial charge in [-0.25, -0.2) is 14.2 Å². The van der Waals surface area contributed by atoms with E-state index in [2.05, 4.69) is 15.2 Å². The van der Waals surface area contributed by atoms with Crippen molar-refractivity contribution < 1.29 is 9.18 Å². The molecule has 1 aromatic rings. The van der Waals surface area contributed by atoms with Gasteiger partial charge >= 0.3 is 6.03 Å². The molecule has 0 atom stereocenters. The monoisotopic (exact) mass is 306 g/mol. The van der Waals surface area contributed by atoms with Crippen molar-refractivity contribution in [3.8, 4) is 0 Å². The molecule has 0 bridgehead atoms. The van der Waals surface area contributed by atoms with E-state index in [1.807, 2.05) is 4.90 Å². The van der Waals surface area contributed by atoms with Crippen LogP contribution in [0.15, 0.2) is 18.3 Å². The molecule has 22 heavy (non-hydrogen) atoms. The van der Waals surface area contributed by atoms with Crippen LogP contribution in [0.2, 0.25) is 0 Å². The Bertz CT molecular complexity index is 493. The van der Waals surface area contributed by atoms with Crippen LogP contribution in [0.25, 0.3) is 0 Å². The minimum atomic E-state index is -0.404. The highest BCUT2D eigenvalue weighted by molar-refractivity contribution is 5.88. The van der Waals surface area contributed by atoms with Crippen LogP contribution in [-0.4, -0.2) is 53.0 Å². The highest BCUT2D eigenvalue weighted by Crippen LogP contribution is 2.23. The van der Waals surface area contributed by atoms with Crippen LogP contribution < -0.4 is 5.32 Å². The maximum absolute atomic E-state index is 12.8. The molecule has 6 heteroatoms. The number of piperazine rings is 1. The van der Waals surface area contributed by atoms with Gasteiger partial charge in [0.05, 0.1) is 6.20 Å². The molecule has 5 nitrogen and oxygen atoms in total. The third-order valence-corrected chi connectivity index (χ3v) is 4.65.